The third-order valence-corrected chi connectivity index (χ3v) is 3.52. The van der Waals surface area contributed by atoms with Gasteiger partial charge in [-0.1, -0.05) is 48.9 Å². The van der Waals surface area contributed by atoms with Crippen molar-refractivity contribution in [3.8, 4) is 0 Å². The van der Waals surface area contributed by atoms with E-state index < -0.39 is 0 Å². The lowest BCUT2D eigenvalue weighted by molar-refractivity contribution is 0.103. The van der Waals surface area contributed by atoms with Gasteiger partial charge in [0.2, 0.25) is 0 Å². The normalized spacial score (nSPS) is 10.4. The first-order valence-electron chi connectivity index (χ1n) is 6.02. The van der Waals surface area contributed by atoms with Gasteiger partial charge in [0.15, 0.2) is 5.78 Å². The highest BCUT2D eigenvalue weighted by atomic mass is 35.5. The molecule has 0 spiro atoms. The van der Waals surface area contributed by atoms with E-state index in [9.17, 15) is 4.79 Å². The number of ketones is 1. The number of carbonyl (C=O) groups is 1. The van der Waals surface area contributed by atoms with Gasteiger partial charge >= 0.3 is 0 Å². The predicted octanol–water partition coefficient (Wildman–Crippen LogP) is 4.44. The van der Waals surface area contributed by atoms with Gasteiger partial charge in [0, 0.05) is 16.1 Å². The molecule has 0 atom stereocenters. The lowest BCUT2D eigenvalue weighted by Gasteiger charge is -2.07. The molecule has 0 heterocycles. The van der Waals surface area contributed by atoms with Gasteiger partial charge in [0.05, 0.1) is 0 Å². The van der Waals surface area contributed by atoms with E-state index in [1.54, 1.807) is 6.07 Å². The molecule has 0 amide bonds. The monoisotopic (exact) mass is 258 g/mol. The molecule has 0 fully saturated rings. The molecule has 2 rings (SSSR count). The van der Waals surface area contributed by atoms with Crippen LogP contribution in [0.15, 0.2) is 42.5 Å². The topological polar surface area (TPSA) is 17.1 Å². The largest absolute Gasteiger partial charge is 0.289 e. The lowest BCUT2D eigenvalue weighted by Crippen LogP contribution is -2.04. The summed E-state index contributed by atoms with van der Waals surface area (Å²) in [7, 11) is 0. The standard InChI is InChI=1S/C16H15ClO/c1-3-12-6-4-7-13(10-12)16(18)14-8-5-9-15(17)11(14)2/h4-10H,3H2,1-2H3. The number of halogens is 1. The molecule has 0 aromatic heterocycles. The molecule has 0 N–H and O–H groups in total. The van der Waals surface area contributed by atoms with E-state index in [0.29, 0.717) is 10.6 Å². The Labute approximate surface area is 112 Å². The molecule has 0 saturated carbocycles. The average molecular weight is 259 g/mol. The molecular formula is C16H15ClO. The predicted molar refractivity (Wildman–Crippen MR) is 75.4 cm³/mol. The smallest absolute Gasteiger partial charge is 0.193 e. The first kappa shape index (κ1) is 12.8. The van der Waals surface area contributed by atoms with Gasteiger partial charge in [-0.15, -0.1) is 0 Å². The molecule has 2 aromatic rings. The van der Waals surface area contributed by atoms with Crippen molar-refractivity contribution in [2.45, 2.75) is 20.3 Å². The maximum absolute atomic E-state index is 12.4. The number of carbonyl (C=O) groups excluding carboxylic acids is 1. The van der Waals surface area contributed by atoms with Crippen molar-refractivity contribution in [1.82, 2.24) is 0 Å². The zero-order chi connectivity index (χ0) is 13.1. The minimum absolute atomic E-state index is 0.0327. The molecule has 0 aliphatic carbocycles. The van der Waals surface area contributed by atoms with Crippen molar-refractivity contribution in [1.29, 1.82) is 0 Å². The summed E-state index contributed by atoms with van der Waals surface area (Å²) in [6.07, 6.45) is 0.926. The fourth-order valence-corrected chi connectivity index (χ4v) is 2.12. The van der Waals surface area contributed by atoms with Crippen LogP contribution in [0.5, 0.6) is 0 Å². The number of aryl methyl sites for hydroxylation is 1. The van der Waals surface area contributed by atoms with Crippen molar-refractivity contribution in [2.75, 3.05) is 0 Å². The summed E-state index contributed by atoms with van der Waals surface area (Å²) < 4.78 is 0. The van der Waals surface area contributed by atoms with Crippen LogP contribution < -0.4 is 0 Å². The molecular weight excluding hydrogens is 244 g/mol. The van der Waals surface area contributed by atoms with Crippen LogP contribution in [-0.2, 0) is 6.42 Å². The van der Waals surface area contributed by atoms with Crippen LogP contribution in [0.3, 0.4) is 0 Å². The van der Waals surface area contributed by atoms with Gasteiger partial charge in [-0.05, 0) is 36.6 Å². The summed E-state index contributed by atoms with van der Waals surface area (Å²) in [6.45, 7) is 3.95. The Morgan fingerprint density at radius 3 is 2.61 bits per heavy atom. The van der Waals surface area contributed by atoms with Crippen LogP contribution in [0.2, 0.25) is 5.02 Å². The summed E-state index contributed by atoms with van der Waals surface area (Å²) in [5.74, 6) is 0.0327. The second-order valence-corrected chi connectivity index (χ2v) is 4.70. The minimum Gasteiger partial charge on any atom is -0.289 e. The third kappa shape index (κ3) is 2.46. The summed E-state index contributed by atoms with van der Waals surface area (Å²) in [5.41, 5.74) is 3.40. The highest BCUT2D eigenvalue weighted by Gasteiger charge is 2.13. The van der Waals surface area contributed by atoms with Crippen molar-refractivity contribution in [2.24, 2.45) is 0 Å². The Morgan fingerprint density at radius 1 is 1.17 bits per heavy atom. The highest BCUT2D eigenvalue weighted by molar-refractivity contribution is 6.32. The van der Waals surface area contributed by atoms with Crippen LogP contribution in [0.1, 0.15) is 34.0 Å². The van der Waals surface area contributed by atoms with E-state index in [2.05, 4.69) is 6.92 Å². The minimum atomic E-state index is 0.0327. The Kier molecular flexibility index (Phi) is 3.83. The number of benzene rings is 2. The van der Waals surface area contributed by atoms with Crippen molar-refractivity contribution < 1.29 is 4.79 Å². The fourth-order valence-electron chi connectivity index (χ4n) is 1.94. The van der Waals surface area contributed by atoms with Gasteiger partial charge in [0.1, 0.15) is 0 Å². The maximum Gasteiger partial charge on any atom is 0.193 e. The van der Waals surface area contributed by atoms with Gasteiger partial charge in [-0.3, -0.25) is 4.79 Å². The SMILES string of the molecule is CCc1cccc(C(=O)c2cccc(Cl)c2C)c1. The van der Waals surface area contributed by atoms with Crippen LogP contribution >= 0.6 is 11.6 Å². The van der Waals surface area contributed by atoms with Gasteiger partial charge in [0.25, 0.3) is 0 Å². The molecule has 0 bridgehead atoms. The Morgan fingerprint density at radius 2 is 1.89 bits per heavy atom. The number of hydrogen-bond donors (Lipinski definition) is 0. The number of hydrogen-bond acceptors (Lipinski definition) is 1. The highest BCUT2D eigenvalue weighted by Crippen LogP contribution is 2.21. The Hall–Kier alpha value is -1.60. The second-order valence-electron chi connectivity index (χ2n) is 4.30. The molecule has 2 aromatic carbocycles. The molecule has 18 heavy (non-hydrogen) atoms. The van der Waals surface area contributed by atoms with Crippen LogP contribution in [0.4, 0.5) is 0 Å². The zero-order valence-corrected chi connectivity index (χ0v) is 11.3. The first-order chi connectivity index (χ1) is 8.63. The summed E-state index contributed by atoms with van der Waals surface area (Å²) in [5, 5.41) is 0.632. The van der Waals surface area contributed by atoms with E-state index in [4.69, 9.17) is 11.6 Å². The molecule has 0 aliphatic rings. The molecule has 0 radical (unpaired) electrons. The quantitative estimate of drug-likeness (QED) is 0.744. The van der Waals surface area contributed by atoms with E-state index in [-0.39, 0.29) is 5.78 Å². The second kappa shape index (κ2) is 5.36. The van der Waals surface area contributed by atoms with E-state index >= 15 is 0 Å². The van der Waals surface area contributed by atoms with Crippen molar-refractivity contribution >= 4 is 17.4 Å². The van der Waals surface area contributed by atoms with E-state index in [1.165, 1.54) is 5.56 Å². The van der Waals surface area contributed by atoms with Crippen molar-refractivity contribution in [3.63, 3.8) is 0 Å². The fraction of sp³-hybridized carbons (Fsp3) is 0.188. The first-order valence-corrected chi connectivity index (χ1v) is 6.40. The molecule has 0 saturated heterocycles. The Bertz CT molecular complexity index is 587. The molecule has 0 unspecified atom stereocenters. The Balaban J connectivity index is 2.44. The van der Waals surface area contributed by atoms with E-state index in [1.807, 2.05) is 43.3 Å². The lowest BCUT2D eigenvalue weighted by atomic mass is 9.97. The molecule has 92 valence electrons. The molecule has 2 heteroatoms. The van der Waals surface area contributed by atoms with Gasteiger partial charge in [-0.25, -0.2) is 0 Å². The summed E-state index contributed by atoms with van der Waals surface area (Å²) in [6, 6.07) is 13.2. The molecule has 0 aliphatic heterocycles. The summed E-state index contributed by atoms with van der Waals surface area (Å²) in [4.78, 5) is 12.4. The van der Waals surface area contributed by atoms with Crippen LogP contribution in [-0.4, -0.2) is 5.78 Å². The third-order valence-electron chi connectivity index (χ3n) is 3.11. The maximum atomic E-state index is 12.4. The van der Waals surface area contributed by atoms with Crippen molar-refractivity contribution in [3.05, 3.63) is 69.7 Å². The van der Waals surface area contributed by atoms with Gasteiger partial charge < -0.3 is 0 Å². The average Bonchev–Trinajstić information content (AvgIpc) is 2.41. The zero-order valence-electron chi connectivity index (χ0n) is 10.5. The molecule has 1 nitrogen and oxygen atoms in total. The van der Waals surface area contributed by atoms with Crippen LogP contribution in [0.25, 0.3) is 0 Å². The van der Waals surface area contributed by atoms with Gasteiger partial charge in [-0.2, -0.15) is 0 Å². The summed E-state index contributed by atoms with van der Waals surface area (Å²) >= 11 is 6.05. The number of rotatable bonds is 3. The van der Waals surface area contributed by atoms with E-state index in [0.717, 1.165) is 17.5 Å². The van der Waals surface area contributed by atoms with Crippen LogP contribution in [0, 0.1) is 6.92 Å².